The van der Waals surface area contributed by atoms with E-state index in [1.807, 2.05) is 29.5 Å². The van der Waals surface area contributed by atoms with Crippen LogP contribution < -0.4 is 5.32 Å². The van der Waals surface area contributed by atoms with Crippen LogP contribution in [-0.4, -0.2) is 11.0 Å². The van der Waals surface area contributed by atoms with E-state index in [1.54, 1.807) is 48.5 Å². The minimum absolute atomic E-state index is 0.0728. The topological polar surface area (TPSA) is 73.1 Å². The first-order valence-corrected chi connectivity index (χ1v) is 11.6. The number of halogens is 4. The molecule has 0 aliphatic carbocycles. The Bertz CT molecular complexity index is 1180. The van der Waals surface area contributed by atoms with Gasteiger partial charge in [-0.3, -0.25) is 4.79 Å². The van der Waals surface area contributed by atoms with E-state index >= 15 is 0 Å². The smallest absolute Gasteiger partial charge is 0.259 e. The Balaban J connectivity index is 2.00. The molecule has 3 aromatic rings. The van der Waals surface area contributed by atoms with Gasteiger partial charge in [-0.25, -0.2) is 0 Å². The molecule has 0 fully saturated rings. The highest BCUT2D eigenvalue weighted by Gasteiger charge is 2.21. The van der Waals surface area contributed by atoms with Gasteiger partial charge >= 0.3 is 0 Å². The Morgan fingerprint density at radius 3 is 2.43 bits per heavy atom. The van der Waals surface area contributed by atoms with Crippen molar-refractivity contribution in [2.75, 3.05) is 5.32 Å². The molecule has 0 aromatic heterocycles. The molecular formula is C22H14Cl2I2N2O2. The second-order valence-corrected chi connectivity index (χ2v) is 9.79. The van der Waals surface area contributed by atoms with Crippen molar-refractivity contribution in [3.05, 3.63) is 88.0 Å². The van der Waals surface area contributed by atoms with Crippen molar-refractivity contribution in [2.45, 2.75) is 12.8 Å². The van der Waals surface area contributed by atoms with E-state index in [4.69, 9.17) is 23.2 Å². The lowest BCUT2D eigenvalue weighted by Crippen LogP contribution is -2.14. The standard InChI is InChI=1S/C22H14Cl2I2N2O2/c1-11-6-18(24)15(17(10-27)12-2-4-13(23)5-3-12)9-20(11)28-22(30)16-7-14(25)8-19(26)21(16)29/h2-9,17,29H,1H3,(H,28,30). The summed E-state index contributed by atoms with van der Waals surface area (Å²) in [6.45, 7) is 1.81. The summed E-state index contributed by atoms with van der Waals surface area (Å²) >= 11 is 16.5. The lowest BCUT2D eigenvalue weighted by atomic mass is 9.91. The van der Waals surface area contributed by atoms with Crippen LogP contribution in [0.5, 0.6) is 5.75 Å². The maximum Gasteiger partial charge on any atom is 0.259 e. The number of phenols is 1. The predicted octanol–water partition coefficient (Wildman–Crippen LogP) is 7.12. The van der Waals surface area contributed by atoms with Crippen LogP contribution in [0.2, 0.25) is 10.0 Å². The first-order chi connectivity index (χ1) is 14.2. The number of anilines is 1. The van der Waals surface area contributed by atoms with E-state index in [0.717, 1.165) is 14.7 Å². The van der Waals surface area contributed by atoms with Crippen LogP contribution in [0.4, 0.5) is 5.69 Å². The number of benzene rings is 3. The SMILES string of the molecule is Cc1cc(Cl)c(C(C#N)c2ccc(Cl)cc2)cc1NC(=O)c1cc(I)cc(I)c1O. The van der Waals surface area contributed by atoms with Crippen molar-refractivity contribution in [2.24, 2.45) is 0 Å². The van der Waals surface area contributed by atoms with Crippen molar-refractivity contribution in [3.8, 4) is 11.8 Å². The molecule has 4 nitrogen and oxygen atoms in total. The molecule has 0 aliphatic rings. The Kier molecular flexibility index (Phi) is 7.50. The molecule has 1 atom stereocenters. The molecule has 152 valence electrons. The molecule has 2 N–H and O–H groups in total. The fourth-order valence-corrected chi connectivity index (χ4v) is 5.25. The first kappa shape index (κ1) is 23.1. The molecule has 8 heteroatoms. The first-order valence-electron chi connectivity index (χ1n) is 8.65. The van der Waals surface area contributed by atoms with Crippen LogP contribution in [0.3, 0.4) is 0 Å². The highest BCUT2D eigenvalue weighted by atomic mass is 127. The van der Waals surface area contributed by atoms with Gasteiger partial charge in [-0.15, -0.1) is 0 Å². The number of amides is 1. The van der Waals surface area contributed by atoms with Gasteiger partial charge in [0.25, 0.3) is 5.91 Å². The third kappa shape index (κ3) is 5.02. The molecular weight excluding hydrogens is 649 g/mol. The van der Waals surface area contributed by atoms with Crippen molar-refractivity contribution in [3.63, 3.8) is 0 Å². The number of nitriles is 1. The molecule has 1 amide bonds. The highest BCUT2D eigenvalue weighted by molar-refractivity contribution is 14.1. The zero-order valence-corrected chi connectivity index (χ0v) is 21.3. The number of carbonyl (C=O) groups excluding carboxylic acids is 1. The van der Waals surface area contributed by atoms with Crippen LogP contribution in [0, 0.1) is 25.4 Å². The van der Waals surface area contributed by atoms with Gasteiger partial charge in [-0.05, 0) is 105 Å². The predicted molar refractivity (Wildman–Crippen MR) is 137 cm³/mol. The lowest BCUT2D eigenvalue weighted by molar-refractivity contribution is 0.102. The van der Waals surface area contributed by atoms with E-state index in [0.29, 0.717) is 24.9 Å². The number of aryl methyl sites for hydroxylation is 1. The minimum Gasteiger partial charge on any atom is -0.506 e. The van der Waals surface area contributed by atoms with E-state index < -0.39 is 11.8 Å². The molecule has 0 heterocycles. The van der Waals surface area contributed by atoms with Crippen molar-refractivity contribution in [1.29, 1.82) is 5.26 Å². The van der Waals surface area contributed by atoms with Crippen molar-refractivity contribution >= 4 is 80.0 Å². The number of hydrogen-bond donors (Lipinski definition) is 2. The van der Waals surface area contributed by atoms with Crippen LogP contribution in [-0.2, 0) is 0 Å². The highest BCUT2D eigenvalue weighted by Crippen LogP contribution is 2.35. The second kappa shape index (κ2) is 9.73. The molecule has 0 spiro atoms. The number of nitrogens with zero attached hydrogens (tertiary/aromatic N) is 1. The molecule has 3 aromatic carbocycles. The van der Waals surface area contributed by atoms with Crippen molar-refractivity contribution in [1.82, 2.24) is 0 Å². The Morgan fingerprint density at radius 2 is 1.80 bits per heavy atom. The molecule has 0 bridgehead atoms. The number of rotatable bonds is 4. The van der Waals surface area contributed by atoms with Gasteiger partial charge in [-0.1, -0.05) is 35.3 Å². The maximum atomic E-state index is 12.8. The van der Waals surface area contributed by atoms with Gasteiger partial charge in [0, 0.05) is 19.3 Å². The molecule has 0 saturated heterocycles. The number of hydrogen-bond acceptors (Lipinski definition) is 3. The van der Waals surface area contributed by atoms with Gasteiger partial charge < -0.3 is 10.4 Å². The number of aromatic hydroxyl groups is 1. The summed E-state index contributed by atoms with van der Waals surface area (Å²) in [7, 11) is 0. The van der Waals surface area contributed by atoms with E-state index in [1.165, 1.54) is 0 Å². The summed E-state index contributed by atoms with van der Waals surface area (Å²) in [4.78, 5) is 12.8. The normalized spacial score (nSPS) is 11.6. The van der Waals surface area contributed by atoms with E-state index in [2.05, 4.69) is 34.0 Å². The van der Waals surface area contributed by atoms with Gasteiger partial charge in [0.1, 0.15) is 5.75 Å². The molecule has 0 aliphatic heterocycles. The van der Waals surface area contributed by atoms with Crippen LogP contribution in [0.15, 0.2) is 48.5 Å². The van der Waals surface area contributed by atoms with Gasteiger partial charge in [0.2, 0.25) is 0 Å². The zero-order chi connectivity index (χ0) is 22.0. The second-order valence-electron chi connectivity index (χ2n) is 6.54. The third-order valence-electron chi connectivity index (χ3n) is 4.51. The van der Waals surface area contributed by atoms with Crippen molar-refractivity contribution < 1.29 is 9.90 Å². The Morgan fingerprint density at radius 1 is 1.13 bits per heavy atom. The fourth-order valence-electron chi connectivity index (χ4n) is 2.95. The average Bonchev–Trinajstić information content (AvgIpc) is 2.69. The zero-order valence-electron chi connectivity index (χ0n) is 15.5. The summed E-state index contributed by atoms with van der Waals surface area (Å²) in [6, 6.07) is 16.1. The number of phenolic OH excluding ortho intramolecular Hbond substituents is 1. The minimum atomic E-state index is -0.627. The molecule has 0 saturated carbocycles. The van der Waals surface area contributed by atoms with Gasteiger partial charge in [-0.2, -0.15) is 5.26 Å². The Labute approximate surface area is 211 Å². The van der Waals surface area contributed by atoms with Crippen LogP contribution >= 0.6 is 68.4 Å². The van der Waals surface area contributed by atoms with Gasteiger partial charge in [0.15, 0.2) is 0 Å². The van der Waals surface area contributed by atoms with Crippen LogP contribution in [0.25, 0.3) is 0 Å². The fraction of sp³-hybridized carbons (Fsp3) is 0.0909. The molecule has 1 unspecified atom stereocenters. The third-order valence-corrected chi connectivity index (χ3v) is 6.53. The summed E-state index contributed by atoms with van der Waals surface area (Å²) in [6.07, 6.45) is 0. The average molecular weight is 663 g/mol. The monoisotopic (exact) mass is 662 g/mol. The number of carbonyl (C=O) groups is 1. The summed E-state index contributed by atoms with van der Waals surface area (Å²) < 4.78 is 1.42. The maximum absolute atomic E-state index is 12.8. The molecule has 3 rings (SSSR count). The number of nitrogens with one attached hydrogen (secondary N) is 1. The summed E-state index contributed by atoms with van der Waals surface area (Å²) in [5.41, 5.74) is 2.75. The summed E-state index contributed by atoms with van der Waals surface area (Å²) in [5.74, 6) is -1.14. The van der Waals surface area contributed by atoms with E-state index in [-0.39, 0.29) is 11.3 Å². The Hall–Kier alpha value is -1.54. The quantitative estimate of drug-likeness (QED) is 0.292. The van der Waals surface area contributed by atoms with Crippen LogP contribution in [0.1, 0.15) is 33.0 Å². The molecule has 0 radical (unpaired) electrons. The molecule has 30 heavy (non-hydrogen) atoms. The largest absolute Gasteiger partial charge is 0.506 e. The lowest BCUT2D eigenvalue weighted by Gasteiger charge is -2.17. The van der Waals surface area contributed by atoms with E-state index in [9.17, 15) is 15.2 Å². The summed E-state index contributed by atoms with van der Waals surface area (Å²) in [5, 5.41) is 23.9. The van der Waals surface area contributed by atoms with Gasteiger partial charge in [0.05, 0.1) is 21.1 Å².